The molecule has 0 saturated carbocycles. The van der Waals surface area contributed by atoms with Crippen molar-refractivity contribution >= 4 is 0 Å². The van der Waals surface area contributed by atoms with Crippen LogP contribution < -0.4 is 10.1 Å². The van der Waals surface area contributed by atoms with Crippen molar-refractivity contribution in [2.24, 2.45) is 0 Å². The van der Waals surface area contributed by atoms with E-state index in [0.717, 1.165) is 12.3 Å². The summed E-state index contributed by atoms with van der Waals surface area (Å²) in [6.45, 7) is 6.85. The molecule has 106 valence electrons. The highest BCUT2D eigenvalue weighted by molar-refractivity contribution is 5.36. The van der Waals surface area contributed by atoms with Gasteiger partial charge in [0.1, 0.15) is 17.3 Å². The average molecular weight is 273 g/mol. The molecule has 0 fully saturated rings. The first kappa shape index (κ1) is 14.5. The number of benzene rings is 2. The number of hydrogen-bond acceptors (Lipinski definition) is 2. The zero-order valence-corrected chi connectivity index (χ0v) is 12.1. The first-order valence-electron chi connectivity index (χ1n) is 6.87. The zero-order chi connectivity index (χ0) is 14.5. The molecule has 2 nitrogen and oxygen atoms in total. The van der Waals surface area contributed by atoms with Gasteiger partial charge in [-0.3, -0.25) is 0 Å². The molecule has 0 aliphatic rings. The molecule has 2 aromatic rings. The van der Waals surface area contributed by atoms with Crippen molar-refractivity contribution in [1.29, 1.82) is 0 Å². The van der Waals surface area contributed by atoms with E-state index in [9.17, 15) is 4.39 Å². The predicted molar refractivity (Wildman–Crippen MR) is 79.7 cm³/mol. The Morgan fingerprint density at radius 1 is 1.15 bits per heavy atom. The summed E-state index contributed by atoms with van der Waals surface area (Å²) in [7, 11) is 0. The van der Waals surface area contributed by atoms with Crippen LogP contribution >= 0.6 is 0 Å². The maximum atomic E-state index is 13.2. The highest BCUT2D eigenvalue weighted by atomic mass is 19.1. The Balaban J connectivity index is 2.16. The second-order valence-electron chi connectivity index (χ2n) is 4.86. The van der Waals surface area contributed by atoms with Crippen LogP contribution in [0.5, 0.6) is 11.5 Å². The molecule has 1 N–H and O–H groups in total. The van der Waals surface area contributed by atoms with Gasteiger partial charge in [0.2, 0.25) is 0 Å². The van der Waals surface area contributed by atoms with Gasteiger partial charge in [0.15, 0.2) is 0 Å². The Hall–Kier alpha value is -1.87. The second kappa shape index (κ2) is 6.53. The van der Waals surface area contributed by atoms with Gasteiger partial charge in [-0.05, 0) is 61.9 Å². The van der Waals surface area contributed by atoms with Gasteiger partial charge < -0.3 is 10.1 Å². The van der Waals surface area contributed by atoms with Gasteiger partial charge >= 0.3 is 0 Å². The minimum absolute atomic E-state index is 0.216. The van der Waals surface area contributed by atoms with Crippen molar-refractivity contribution in [2.45, 2.75) is 26.8 Å². The molecule has 0 aromatic heterocycles. The molecule has 0 saturated heterocycles. The minimum atomic E-state index is -0.216. The zero-order valence-electron chi connectivity index (χ0n) is 12.1. The van der Waals surface area contributed by atoms with Crippen LogP contribution in [0.15, 0.2) is 42.5 Å². The van der Waals surface area contributed by atoms with Crippen LogP contribution in [-0.2, 0) is 0 Å². The summed E-state index contributed by atoms with van der Waals surface area (Å²) < 4.78 is 19.0. The molecule has 1 atom stereocenters. The fourth-order valence-corrected chi connectivity index (χ4v) is 2.09. The summed E-state index contributed by atoms with van der Waals surface area (Å²) in [6, 6.07) is 13.0. The summed E-state index contributed by atoms with van der Waals surface area (Å²) in [5.74, 6) is 1.20. The largest absolute Gasteiger partial charge is 0.457 e. The third-order valence-electron chi connectivity index (χ3n) is 3.23. The van der Waals surface area contributed by atoms with E-state index in [1.54, 1.807) is 19.1 Å². The van der Waals surface area contributed by atoms with Gasteiger partial charge in [-0.2, -0.15) is 0 Å². The highest BCUT2D eigenvalue weighted by Gasteiger charge is 2.06. The van der Waals surface area contributed by atoms with Crippen LogP contribution in [0.25, 0.3) is 0 Å². The van der Waals surface area contributed by atoms with Gasteiger partial charge in [-0.25, -0.2) is 4.39 Å². The van der Waals surface area contributed by atoms with Crippen LogP contribution in [0.3, 0.4) is 0 Å². The molecule has 0 bridgehead atoms. The number of ether oxygens (including phenoxy) is 1. The van der Waals surface area contributed by atoms with E-state index in [1.165, 1.54) is 11.6 Å². The number of aryl methyl sites for hydroxylation is 1. The normalized spacial score (nSPS) is 12.2. The molecular weight excluding hydrogens is 253 g/mol. The van der Waals surface area contributed by atoms with Crippen molar-refractivity contribution in [3.8, 4) is 11.5 Å². The second-order valence-corrected chi connectivity index (χ2v) is 4.86. The van der Waals surface area contributed by atoms with E-state index in [1.807, 2.05) is 18.2 Å². The quantitative estimate of drug-likeness (QED) is 0.859. The monoisotopic (exact) mass is 273 g/mol. The Labute approximate surface area is 119 Å². The smallest absolute Gasteiger partial charge is 0.127 e. The molecule has 2 rings (SSSR count). The lowest BCUT2D eigenvalue weighted by Crippen LogP contribution is -2.17. The number of nitrogens with one attached hydrogen (secondary N) is 1. The molecule has 2 aromatic carbocycles. The van der Waals surface area contributed by atoms with Gasteiger partial charge in [-0.15, -0.1) is 0 Å². The average Bonchev–Trinajstić information content (AvgIpc) is 2.43. The summed E-state index contributed by atoms with van der Waals surface area (Å²) >= 11 is 0. The lowest BCUT2D eigenvalue weighted by Gasteiger charge is -2.14. The number of halogens is 1. The van der Waals surface area contributed by atoms with E-state index in [-0.39, 0.29) is 11.9 Å². The molecule has 0 aliphatic heterocycles. The van der Waals surface area contributed by atoms with Gasteiger partial charge in [0.05, 0.1) is 0 Å². The first-order chi connectivity index (χ1) is 9.60. The predicted octanol–water partition coefficient (Wildman–Crippen LogP) is 4.60. The molecule has 20 heavy (non-hydrogen) atoms. The van der Waals surface area contributed by atoms with E-state index in [4.69, 9.17) is 4.74 Å². The van der Waals surface area contributed by atoms with Gasteiger partial charge in [0, 0.05) is 6.04 Å². The van der Waals surface area contributed by atoms with Gasteiger partial charge in [-0.1, -0.05) is 19.1 Å². The van der Waals surface area contributed by atoms with Crippen LogP contribution in [0, 0.1) is 12.7 Å². The molecule has 0 radical (unpaired) electrons. The highest BCUT2D eigenvalue weighted by Crippen LogP contribution is 2.25. The lowest BCUT2D eigenvalue weighted by molar-refractivity contribution is 0.477. The lowest BCUT2D eigenvalue weighted by atomic mass is 10.1. The minimum Gasteiger partial charge on any atom is -0.457 e. The van der Waals surface area contributed by atoms with Crippen molar-refractivity contribution in [3.05, 3.63) is 59.4 Å². The molecule has 0 spiro atoms. The number of hydrogen-bond donors (Lipinski definition) is 1. The summed E-state index contributed by atoms with van der Waals surface area (Å²) in [5.41, 5.74) is 1.75. The summed E-state index contributed by atoms with van der Waals surface area (Å²) in [4.78, 5) is 0. The van der Waals surface area contributed by atoms with Crippen molar-refractivity contribution < 1.29 is 9.13 Å². The van der Waals surface area contributed by atoms with Crippen LogP contribution in [0.1, 0.15) is 31.0 Å². The third kappa shape index (κ3) is 3.58. The number of rotatable bonds is 5. The van der Waals surface area contributed by atoms with Gasteiger partial charge in [0.25, 0.3) is 0 Å². The summed E-state index contributed by atoms with van der Waals surface area (Å²) in [6.07, 6.45) is 0. The SMILES string of the molecule is CCNC(C)c1cccc(Oc2ccc(F)c(C)c2)c1. The summed E-state index contributed by atoms with van der Waals surface area (Å²) in [5, 5.41) is 3.36. The van der Waals surface area contributed by atoms with Crippen LogP contribution in [-0.4, -0.2) is 6.54 Å². The van der Waals surface area contributed by atoms with Crippen molar-refractivity contribution in [3.63, 3.8) is 0 Å². The molecule has 0 heterocycles. The Morgan fingerprint density at radius 3 is 2.60 bits per heavy atom. The fourth-order valence-electron chi connectivity index (χ4n) is 2.09. The Kier molecular flexibility index (Phi) is 4.74. The molecular formula is C17H20FNO. The molecule has 0 amide bonds. The first-order valence-corrected chi connectivity index (χ1v) is 6.87. The van der Waals surface area contributed by atoms with Crippen molar-refractivity contribution in [2.75, 3.05) is 6.54 Å². The Bertz CT molecular complexity index is 583. The van der Waals surface area contributed by atoms with E-state index in [2.05, 4.69) is 25.2 Å². The third-order valence-corrected chi connectivity index (χ3v) is 3.23. The van der Waals surface area contributed by atoms with E-state index >= 15 is 0 Å². The van der Waals surface area contributed by atoms with E-state index in [0.29, 0.717) is 11.3 Å². The standard InChI is InChI=1S/C17H20FNO/c1-4-19-13(3)14-6-5-7-15(11-14)20-16-8-9-17(18)12(2)10-16/h5-11,13,19H,4H2,1-3H3. The van der Waals surface area contributed by atoms with E-state index < -0.39 is 0 Å². The van der Waals surface area contributed by atoms with Crippen molar-refractivity contribution in [1.82, 2.24) is 5.32 Å². The van der Waals surface area contributed by atoms with Crippen LogP contribution in [0.4, 0.5) is 4.39 Å². The fraction of sp³-hybridized carbons (Fsp3) is 0.294. The topological polar surface area (TPSA) is 21.3 Å². The molecule has 3 heteroatoms. The maximum Gasteiger partial charge on any atom is 0.127 e. The molecule has 0 aliphatic carbocycles. The van der Waals surface area contributed by atoms with Crippen LogP contribution in [0.2, 0.25) is 0 Å². The maximum absolute atomic E-state index is 13.2. The Morgan fingerprint density at radius 2 is 1.90 bits per heavy atom. The molecule has 1 unspecified atom stereocenters.